The topological polar surface area (TPSA) is 86.8 Å². The van der Waals surface area contributed by atoms with E-state index in [0.29, 0.717) is 40.0 Å². The first kappa shape index (κ1) is 22.3. The molecule has 1 heterocycles. The molecule has 0 amide bonds. The van der Waals surface area contributed by atoms with E-state index in [-0.39, 0.29) is 5.69 Å². The van der Waals surface area contributed by atoms with Gasteiger partial charge in [0.05, 0.1) is 19.7 Å². The van der Waals surface area contributed by atoms with Crippen molar-refractivity contribution in [2.45, 2.75) is 4.90 Å². The molecule has 0 saturated carbocycles. The highest BCUT2D eigenvalue weighted by molar-refractivity contribution is 7.92. The number of pyridine rings is 1. The van der Waals surface area contributed by atoms with Gasteiger partial charge < -0.3 is 14.2 Å². The largest absolute Gasteiger partial charge is 0.493 e. The highest BCUT2D eigenvalue weighted by atomic mass is 32.2. The van der Waals surface area contributed by atoms with Gasteiger partial charge in [0.2, 0.25) is 0 Å². The van der Waals surface area contributed by atoms with Gasteiger partial charge in [0.25, 0.3) is 10.0 Å². The summed E-state index contributed by atoms with van der Waals surface area (Å²) >= 11 is 0. The van der Waals surface area contributed by atoms with Crippen molar-refractivity contribution in [1.29, 1.82) is 0 Å². The van der Waals surface area contributed by atoms with E-state index in [1.54, 1.807) is 24.4 Å². The minimum absolute atomic E-state index is 0.150. The van der Waals surface area contributed by atoms with E-state index in [0.717, 1.165) is 12.1 Å². The van der Waals surface area contributed by atoms with Crippen molar-refractivity contribution in [3.05, 3.63) is 78.5 Å². The summed E-state index contributed by atoms with van der Waals surface area (Å²) in [6.45, 7) is 0. The lowest BCUT2D eigenvalue weighted by Gasteiger charge is -2.13. The molecular formula is C23H18F2N2O5S. The number of rotatable bonds is 7. The summed E-state index contributed by atoms with van der Waals surface area (Å²) in [5.41, 5.74) is 0.781. The maximum Gasteiger partial charge on any atom is 0.264 e. The number of nitrogens with zero attached hydrogens (tertiary/aromatic N) is 1. The molecule has 0 saturated heterocycles. The van der Waals surface area contributed by atoms with Crippen molar-refractivity contribution in [1.82, 2.24) is 4.98 Å². The summed E-state index contributed by atoms with van der Waals surface area (Å²) < 4.78 is 70.9. The van der Waals surface area contributed by atoms with Crippen molar-refractivity contribution >= 4 is 26.6 Å². The van der Waals surface area contributed by atoms with Gasteiger partial charge in [-0.15, -0.1) is 0 Å². The summed E-state index contributed by atoms with van der Waals surface area (Å²) in [6, 6.07) is 13.3. The smallest absolute Gasteiger partial charge is 0.264 e. The van der Waals surface area contributed by atoms with Crippen LogP contribution in [-0.4, -0.2) is 27.6 Å². The standard InChI is InChI=1S/C23H18F2N2O5S/c1-30-21-12-17-19(13-22(21)31-2)26-10-9-20(17)32-16-6-4-15(5-7-16)27-33(28,29)23-11-14(24)3-8-18(23)25/h3-13,27H,1-2H3. The third-order valence-corrected chi connectivity index (χ3v) is 6.12. The first-order valence-electron chi connectivity index (χ1n) is 9.57. The normalized spacial score (nSPS) is 11.3. The SMILES string of the molecule is COc1cc2nccc(Oc3ccc(NS(=O)(=O)c4cc(F)ccc4F)cc3)c2cc1OC. The second kappa shape index (κ2) is 8.91. The Hall–Kier alpha value is -3.92. The molecule has 0 fully saturated rings. The number of benzene rings is 3. The van der Waals surface area contributed by atoms with E-state index in [1.165, 1.54) is 38.5 Å². The molecule has 10 heteroatoms. The number of hydrogen-bond donors (Lipinski definition) is 1. The van der Waals surface area contributed by atoms with Crippen LogP contribution in [0, 0.1) is 11.6 Å². The van der Waals surface area contributed by atoms with Gasteiger partial charge in [-0.1, -0.05) is 0 Å². The first-order chi connectivity index (χ1) is 15.8. The van der Waals surface area contributed by atoms with Crippen LogP contribution < -0.4 is 18.9 Å². The molecule has 0 bridgehead atoms. The quantitative estimate of drug-likeness (QED) is 0.402. The molecule has 7 nitrogen and oxygen atoms in total. The number of fused-ring (bicyclic) bond motifs is 1. The summed E-state index contributed by atoms with van der Waals surface area (Å²) in [7, 11) is -1.27. The lowest BCUT2D eigenvalue weighted by molar-refractivity contribution is 0.355. The van der Waals surface area contributed by atoms with Gasteiger partial charge in [-0.25, -0.2) is 17.2 Å². The van der Waals surface area contributed by atoms with Gasteiger partial charge in [0.1, 0.15) is 28.0 Å². The predicted molar refractivity (Wildman–Crippen MR) is 119 cm³/mol. The second-order valence-corrected chi connectivity index (χ2v) is 8.49. The van der Waals surface area contributed by atoms with Gasteiger partial charge in [0.15, 0.2) is 11.5 Å². The third kappa shape index (κ3) is 4.65. The number of aromatic nitrogens is 1. The summed E-state index contributed by atoms with van der Waals surface area (Å²) in [6.07, 6.45) is 1.58. The molecular weight excluding hydrogens is 454 g/mol. The van der Waals surface area contributed by atoms with Crippen LogP contribution in [0.15, 0.2) is 71.8 Å². The fourth-order valence-corrected chi connectivity index (χ4v) is 4.30. The molecule has 0 aliphatic carbocycles. The minimum atomic E-state index is -4.32. The van der Waals surface area contributed by atoms with Crippen LogP contribution in [0.5, 0.6) is 23.0 Å². The average molecular weight is 472 g/mol. The van der Waals surface area contributed by atoms with Crippen LogP contribution in [-0.2, 0) is 10.0 Å². The fraction of sp³-hybridized carbons (Fsp3) is 0.0870. The highest BCUT2D eigenvalue weighted by Gasteiger charge is 2.20. The molecule has 3 aromatic carbocycles. The summed E-state index contributed by atoms with van der Waals surface area (Å²) in [5, 5.41) is 0.682. The van der Waals surface area contributed by atoms with Gasteiger partial charge >= 0.3 is 0 Å². The number of hydrogen-bond acceptors (Lipinski definition) is 6. The van der Waals surface area contributed by atoms with E-state index in [2.05, 4.69) is 9.71 Å². The Morgan fingerprint density at radius 2 is 1.55 bits per heavy atom. The Kier molecular flexibility index (Phi) is 6.01. The molecule has 0 atom stereocenters. The van der Waals surface area contributed by atoms with Crippen LogP contribution in [0.2, 0.25) is 0 Å². The lowest BCUT2D eigenvalue weighted by atomic mass is 10.2. The van der Waals surface area contributed by atoms with Crippen molar-refractivity contribution in [3.8, 4) is 23.0 Å². The number of sulfonamides is 1. The third-order valence-electron chi connectivity index (χ3n) is 4.72. The van der Waals surface area contributed by atoms with Crippen LogP contribution in [0.1, 0.15) is 0 Å². The molecule has 170 valence electrons. The van der Waals surface area contributed by atoms with E-state index in [4.69, 9.17) is 14.2 Å². The zero-order valence-electron chi connectivity index (χ0n) is 17.5. The van der Waals surface area contributed by atoms with Crippen molar-refractivity contribution in [2.75, 3.05) is 18.9 Å². The Morgan fingerprint density at radius 3 is 2.24 bits per heavy atom. The second-order valence-electron chi connectivity index (χ2n) is 6.84. The molecule has 4 aromatic rings. The molecule has 0 spiro atoms. The van der Waals surface area contributed by atoms with Crippen molar-refractivity contribution in [3.63, 3.8) is 0 Å². The van der Waals surface area contributed by atoms with E-state index in [9.17, 15) is 17.2 Å². The number of nitrogens with one attached hydrogen (secondary N) is 1. The molecule has 1 N–H and O–H groups in total. The zero-order chi connectivity index (χ0) is 23.6. The van der Waals surface area contributed by atoms with Gasteiger partial charge in [-0.2, -0.15) is 0 Å². The number of ether oxygens (including phenoxy) is 3. The summed E-state index contributed by atoms with van der Waals surface area (Å²) in [5.74, 6) is 0.0336. The number of anilines is 1. The van der Waals surface area contributed by atoms with Gasteiger partial charge in [-0.05, 0) is 54.6 Å². The maximum absolute atomic E-state index is 13.9. The Bertz CT molecular complexity index is 1430. The molecule has 0 aliphatic heterocycles. The van der Waals surface area contributed by atoms with Crippen molar-refractivity contribution in [2.24, 2.45) is 0 Å². The highest BCUT2D eigenvalue weighted by Crippen LogP contribution is 2.37. The van der Waals surface area contributed by atoms with E-state index >= 15 is 0 Å². The summed E-state index contributed by atoms with van der Waals surface area (Å²) in [4.78, 5) is 3.53. The number of halogens is 2. The molecule has 0 unspecified atom stereocenters. The fourth-order valence-electron chi connectivity index (χ4n) is 3.15. The molecule has 0 radical (unpaired) electrons. The average Bonchev–Trinajstić information content (AvgIpc) is 2.81. The zero-order valence-corrected chi connectivity index (χ0v) is 18.3. The van der Waals surface area contributed by atoms with Crippen LogP contribution in [0.25, 0.3) is 10.9 Å². The predicted octanol–water partition coefficient (Wildman–Crippen LogP) is 5.12. The van der Waals surface area contributed by atoms with Crippen LogP contribution in [0.3, 0.4) is 0 Å². The Morgan fingerprint density at radius 1 is 0.848 bits per heavy atom. The molecule has 1 aromatic heterocycles. The molecule has 0 aliphatic rings. The lowest BCUT2D eigenvalue weighted by Crippen LogP contribution is -2.14. The van der Waals surface area contributed by atoms with Crippen LogP contribution in [0.4, 0.5) is 14.5 Å². The Balaban J connectivity index is 1.58. The van der Waals surface area contributed by atoms with Gasteiger partial charge in [-0.3, -0.25) is 9.71 Å². The van der Waals surface area contributed by atoms with Gasteiger partial charge in [0, 0.05) is 23.3 Å². The van der Waals surface area contributed by atoms with Crippen LogP contribution >= 0.6 is 0 Å². The minimum Gasteiger partial charge on any atom is -0.493 e. The van der Waals surface area contributed by atoms with E-state index < -0.39 is 26.6 Å². The van der Waals surface area contributed by atoms with E-state index in [1.807, 2.05) is 0 Å². The maximum atomic E-state index is 13.9. The van der Waals surface area contributed by atoms with Crippen molar-refractivity contribution < 1.29 is 31.4 Å². The molecule has 33 heavy (non-hydrogen) atoms. The molecule has 4 rings (SSSR count). The Labute approximate surface area is 188 Å². The monoisotopic (exact) mass is 472 g/mol. The first-order valence-corrected chi connectivity index (χ1v) is 11.1. The number of methoxy groups -OCH3 is 2.